The van der Waals surface area contributed by atoms with E-state index >= 15 is 0 Å². The quantitative estimate of drug-likeness (QED) is 0.738. The highest BCUT2D eigenvalue weighted by atomic mass is 35.5. The van der Waals surface area contributed by atoms with Gasteiger partial charge in [-0.2, -0.15) is 0 Å². The topological polar surface area (TPSA) is 53.6 Å². The summed E-state index contributed by atoms with van der Waals surface area (Å²) in [7, 11) is 0. The smallest absolute Gasteiger partial charge is 0.315 e. The lowest BCUT2D eigenvalue weighted by atomic mass is 10.2. The highest BCUT2D eigenvalue weighted by molar-refractivity contribution is 6.42. The number of hydrogen-bond donors (Lipinski definition) is 2. The van der Waals surface area contributed by atoms with E-state index in [-0.39, 0.29) is 12.1 Å². The van der Waals surface area contributed by atoms with Gasteiger partial charge in [0.15, 0.2) is 0 Å². The van der Waals surface area contributed by atoms with Gasteiger partial charge in [0.05, 0.1) is 22.8 Å². The Morgan fingerprint density at radius 3 is 2.64 bits per heavy atom. The highest BCUT2D eigenvalue weighted by Crippen LogP contribution is 2.23. The standard InChI is InChI=1S/C21H25Cl2N3O2/c22-19-7-6-17(12-20(19)23)15-26-9-8-18(28-11-10-26)14-25-21(27)24-13-16-4-2-1-3-5-16/h1-7,12,18H,8-11,13-15H2,(H2,24,25,27). The van der Waals surface area contributed by atoms with Crippen molar-refractivity contribution < 1.29 is 9.53 Å². The van der Waals surface area contributed by atoms with Crippen molar-refractivity contribution in [1.82, 2.24) is 15.5 Å². The molecule has 0 aromatic heterocycles. The van der Waals surface area contributed by atoms with Crippen molar-refractivity contribution in [3.05, 3.63) is 69.7 Å². The second-order valence-corrected chi connectivity index (χ2v) is 7.67. The Morgan fingerprint density at radius 2 is 1.86 bits per heavy atom. The van der Waals surface area contributed by atoms with E-state index in [0.29, 0.717) is 29.7 Å². The van der Waals surface area contributed by atoms with E-state index in [1.165, 1.54) is 0 Å². The van der Waals surface area contributed by atoms with Crippen LogP contribution in [0, 0.1) is 0 Å². The summed E-state index contributed by atoms with van der Waals surface area (Å²) in [5.41, 5.74) is 2.20. The second-order valence-electron chi connectivity index (χ2n) is 6.86. The number of halogens is 2. The van der Waals surface area contributed by atoms with Gasteiger partial charge in [0.1, 0.15) is 0 Å². The van der Waals surface area contributed by atoms with Gasteiger partial charge in [0.2, 0.25) is 0 Å². The lowest BCUT2D eigenvalue weighted by Crippen LogP contribution is -2.40. The van der Waals surface area contributed by atoms with E-state index < -0.39 is 0 Å². The summed E-state index contributed by atoms with van der Waals surface area (Å²) in [6.07, 6.45) is 0.876. The van der Waals surface area contributed by atoms with Crippen LogP contribution in [0.3, 0.4) is 0 Å². The number of hydrogen-bond acceptors (Lipinski definition) is 3. The van der Waals surface area contributed by atoms with Crippen LogP contribution in [0.25, 0.3) is 0 Å². The van der Waals surface area contributed by atoms with E-state index in [1.54, 1.807) is 0 Å². The van der Waals surface area contributed by atoms with Crippen LogP contribution in [0.2, 0.25) is 10.0 Å². The fourth-order valence-corrected chi connectivity index (χ4v) is 3.45. The van der Waals surface area contributed by atoms with Crippen LogP contribution in [-0.4, -0.2) is 43.3 Å². The fourth-order valence-electron chi connectivity index (χ4n) is 3.13. The van der Waals surface area contributed by atoms with Crippen LogP contribution in [-0.2, 0) is 17.8 Å². The molecule has 0 radical (unpaired) electrons. The van der Waals surface area contributed by atoms with Crippen molar-refractivity contribution in [2.75, 3.05) is 26.2 Å². The molecule has 5 nitrogen and oxygen atoms in total. The molecular weight excluding hydrogens is 397 g/mol. The maximum absolute atomic E-state index is 12.0. The average molecular weight is 422 g/mol. The number of urea groups is 1. The molecule has 1 fully saturated rings. The van der Waals surface area contributed by atoms with Gasteiger partial charge in [0, 0.05) is 32.7 Å². The number of rotatable bonds is 6. The molecule has 2 N–H and O–H groups in total. The van der Waals surface area contributed by atoms with Gasteiger partial charge in [-0.15, -0.1) is 0 Å². The molecule has 28 heavy (non-hydrogen) atoms. The van der Waals surface area contributed by atoms with Gasteiger partial charge >= 0.3 is 6.03 Å². The van der Waals surface area contributed by atoms with Crippen molar-refractivity contribution in [1.29, 1.82) is 0 Å². The van der Waals surface area contributed by atoms with Crippen LogP contribution in [0.1, 0.15) is 17.5 Å². The maximum Gasteiger partial charge on any atom is 0.315 e. The Bertz CT molecular complexity index is 774. The van der Waals surface area contributed by atoms with E-state index in [1.807, 2.05) is 48.5 Å². The first kappa shape index (κ1) is 20.9. The molecule has 0 saturated carbocycles. The molecular formula is C21H25Cl2N3O2. The van der Waals surface area contributed by atoms with Gasteiger partial charge in [-0.3, -0.25) is 4.90 Å². The number of carbonyl (C=O) groups is 1. The van der Waals surface area contributed by atoms with Gasteiger partial charge in [-0.25, -0.2) is 4.79 Å². The minimum Gasteiger partial charge on any atom is -0.375 e. The molecule has 0 spiro atoms. The number of nitrogens with zero attached hydrogens (tertiary/aromatic N) is 1. The monoisotopic (exact) mass is 421 g/mol. The number of amides is 2. The Labute approximate surface area is 176 Å². The summed E-state index contributed by atoms with van der Waals surface area (Å²) in [6, 6.07) is 15.4. The third-order valence-electron chi connectivity index (χ3n) is 4.70. The molecule has 2 aromatic carbocycles. The van der Waals surface area contributed by atoms with Crippen molar-refractivity contribution in [3.63, 3.8) is 0 Å². The Balaban J connectivity index is 1.38. The lowest BCUT2D eigenvalue weighted by molar-refractivity contribution is 0.0634. The SMILES string of the molecule is O=C(NCc1ccccc1)NCC1CCN(Cc2ccc(Cl)c(Cl)c2)CCO1. The Morgan fingerprint density at radius 1 is 1.04 bits per heavy atom. The fraction of sp³-hybridized carbons (Fsp3) is 0.381. The van der Waals surface area contributed by atoms with Crippen LogP contribution in [0.4, 0.5) is 4.79 Å². The van der Waals surface area contributed by atoms with E-state index in [0.717, 1.165) is 37.2 Å². The lowest BCUT2D eigenvalue weighted by Gasteiger charge is -2.19. The second kappa shape index (κ2) is 10.7. The summed E-state index contributed by atoms with van der Waals surface area (Å²) in [5, 5.41) is 6.92. The Kier molecular flexibility index (Phi) is 7.98. The summed E-state index contributed by atoms with van der Waals surface area (Å²) >= 11 is 12.1. The first-order valence-electron chi connectivity index (χ1n) is 9.43. The highest BCUT2D eigenvalue weighted by Gasteiger charge is 2.18. The van der Waals surface area contributed by atoms with E-state index in [2.05, 4.69) is 15.5 Å². The molecule has 1 saturated heterocycles. The van der Waals surface area contributed by atoms with Crippen molar-refractivity contribution in [2.24, 2.45) is 0 Å². The Hall–Kier alpha value is -1.79. The molecule has 0 aliphatic carbocycles. The number of ether oxygens (including phenoxy) is 1. The number of carbonyl (C=O) groups excluding carboxylic acids is 1. The zero-order valence-corrected chi connectivity index (χ0v) is 17.2. The van der Waals surface area contributed by atoms with Crippen molar-refractivity contribution >= 4 is 29.2 Å². The van der Waals surface area contributed by atoms with E-state index in [9.17, 15) is 4.79 Å². The molecule has 1 atom stereocenters. The van der Waals surface area contributed by atoms with Gasteiger partial charge in [-0.1, -0.05) is 59.6 Å². The summed E-state index contributed by atoms with van der Waals surface area (Å²) in [6.45, 7) is 4.20. The zero-order chi connectivity index (χ0) is 19.8. The molecule has 7 heteroatoms. The average Bonchev–Trinajstić information content (AvgIpc) is 2.93. The van der Waals surface area contributed by atoms with Gasteiger partial charge in [0.25, 0.3) is 0 Å². The predicted octanol–water partition coefficient (Wildman–Crippen LogP) is 4.08. The molecule has 1 aliphatic rings. The van der Waals surface area contributed by atoms with Gasteiger partial charge in [-0.05, 0) is 29.7 Å². The first-order valence-corrected chi connectivity index (χ1v) is 10.2. The summed E-state index contributed by atoms with van der Waals surface area (Å²) < 4.78 is 5.90. The van der Waals surface area contributed by atoms with Crippen LogP contribution in [0.5, 0.6) is 0 Å². The van der Waals surface area contributed by atoms with Crippen LogP contribution < -0.4 is 10.6 Å². The zero-order valence-electron chi connectivity index (χ0n) is 15.7. The number of nitrogens with one attached hydrogen (secondary N) is 2. The molecule has 150 valence electrons. The molecule has 1 unspecified atom stereocenters. The largest absolute Gasteiger partial charge is 0.375 e. The molecule has 0 bridgehead atoms. The molecule has 2 aromatic rings. The van der Waals surface area contributed by atoms with E-state index in [4.69, 9.17) is 27.9 Å². The van der Waals surface area contributed by atoms with Crippen LogP contribution in [0.15, 0.2) is 48.5 Å². The van der Waals surface area contributed by atoms with Gasteiger partial charge < -0.3 is 15.4 Å². The first-order chi connectivity index (χ1) is 13.6. The predicted molar refractivity (Wildman–Crippen MR) is 113 cm³/mol. The minimum absolute atomic E-state index is 0.0151. The molecule has 1 aliphatic heterocycles. The molecule has 2 amide bonds. The molecule has 1 heterocycles. The van der Waals surface area contributed by atoms with Crippen molar-refractivity contribution in [2.45, 2.75) is 25.6 Å². The third kappa shape index (κ3) is 6.67. The normalized spacial score (nSPS) is 17.7. The number of benzene rings is 2. The minimum atomic E-state index is -0.177. The maximum atomic E-state index is 12.0. The van der Waals surface area contributed by atoms with Crippen molar-refractivity contribution in [3.8, 4) is 0 Å². The van der Waals surface area contributed by atoms with Crippen LogP contribution >= 0.6 is 23.2 Å². The summed E-state index contributed by atoms with van der Waals surface area (Å²) in [4.78, 5) is 14.3. The third-order valence-corrected chi connectivity index (χ3v) is 5.44. The molecule has 3 rings (SSSR count). The summed E-state index contributed by atoms with van der Waals surface area (Å²) in [5.74, 6) is 0.